The van der Waals surface area contributed by atoms with Crippen LogP contribution in [0.3, 0.4) is 0 Å². The summed E-state index contributed by atoms with van der Waals surface area (Å²) in [5.41, 5.74) is -0.424. The highest BCUT2D eigenvalue weighted by Gasteiger charge is 2.41. The summed E-state index contributed by atoms with van der Waals surface area (Å²) in [7, 11) is -1.41. The van der Waals surface area contributed by atoms with Gasteiger partial charge in [0.05, 0.1) is 16.8 Å². The Labute approximate surface area is 197 Å². The van der Waals surface area contributed by atoms with E-state index in [1.807, 2.05) is 0 Å². The lowest BCUT2D eigenvalue weighted by Gasteiger charge is -2.43. The lowest BCUT2D eigenvalue weighted by atomic mass is 9.91. The Morgan fingerprint density at radius 3 is 0.806 bits per heavy atom. The fraction of sp³-hybridized carbons (Fsp3) is 1.00. The van der Waals surface area contributed by atoms with Crippen molar-refractivity contribution in [3.05, 3.63) is 0 Å². The zero-order valence-electron chi connectivity index (χ0n) is 22.8. The van der Waals surface area contributed by atoms with Crippen LogP contribution in [0.2, 0.25) is 0 Å². The highest BCUT2D eigenvalue weighted by Crippen LogP contribution is 2.56. The maximum absolute atomic E-state index is 6.94. The van der Waals surface area contributed by atoms with Gasteiger partial charge in [-0.1, -0.05) is 101 Å². The predicted octanol–water partition coefficient (Wildman–Crippen LogP) is 10.5. The minimum absolute atomic E-state index is 0.141. The maximum Gasteiger partial charge on any atom is 0.334 e. The van der Waals surface area contributed by atoms with Gasteiger partial charge in [0.25, 0.3) is 0 Å². The average Bonchev–Trinajstić information content (AvgIpc) is 2.82. The summed E-state index contributed by atoms with van der Waals surface area (Å²) >= 11 is 0. The fourth-order valence-electron chi connectivity index (χ4n) is 4.36. The molecule has 0 amide bonds. The molecule has 0 saturated carbocycles. The van der Waals surface area contributed by atoms with Crippen molar-refractivity contribution in [3.8, 4) is 0 Å². The largest absolute Gasteiger partial charge is 0.334 e. The Hall–Kier alpha value is 0.310. The molecule has 0 bridgehead atoms. The molecule has 0 heterocycles. The van der Waals surface area contributed by atoms with Gasteiger partial charge in [-0.25, -0.2) is 0 Å². The third-order valence-corrected chi connectivity index (χ3v) is 9.24. The molecule has 0 aromatic heterocycles. The Morgan fingerprint density at radius 1 is 0.419 bits per heavy atom. The second-order valence-electron chi connectivity index (χ2n) is 9.48. The standard InChI is InChI=1S/C27H57O3P/c1-10-19-22-25(13-4,14-5)28-31(29-26(15-6,16-7)23-20-11-2)30-27(17-8,18-9)24-21-12-3/h10-24H2,1-9H3. The van der Waals surface area contributed by atoms with Crippen LogP contribution in [-0.4, -0.2) is 16.8 Å². The Bertz CT molecular complexity index is 353. The Kier molecular flexibility index (Phi) is 17.0. The zero-order chi connectivity index (χ0) is 23.8. The highest BCUT2D eigenvalue weighted by atomic mass is 31.2. The molecule has 0 N–H and O–H groups in total. The van der Waals surface area contributed by atoms with Crippen LogP contribution in [0.4, 0.5) is 0 Å². The van der Waals surface area contributed by atoms with Gasteiger partial charge in [0.2, 0.25) is 0 Å². The summed E-state index contributed by atoms with van der Waals surface area (Å²) in [6.07, 6.45) is 16.5. The molecule has 0 saturated heterocycles. The SMILES string of the molecule is CCCCC(CC)(CC)OP(OC(CC)(CC)CCCC)OC(CC)(CC)CCCC. The quantitative estimate of drug-likeness (QED) is 0.159. The van der Waals surface area contributed by atoms with Crippen LogP contribution in [-0.2, 0) is 13.6 Å². The molecular weight excluding hydrogens is 403 g/mol. The van der Waals surface area contributed by atoms with E-state index < -0.39 is 8.60 Å². The average molecular weight is 461 g/mol. The van der Waals surface area contributed by atoms with E-state index in [1.165, 1.54) is 38.5 Å². The molecule has 0 rings (SSSR count). The first kappa shape index (κ1) is 31.3. The fourth-order valence-corrected chi connectivity index (χ4v) is 6.47. The van der Waals surface area contributed by atoms with Crippen molar-refractivity contribution >= 4 is 8.60 Å². The lowest BCUT2D eigenvalue weighted by molar-refractivity contribution is -0.0598. The molecular formula is C27H57O3P. The Morgan fingerprint density at radius 2 is 0.645 bits per heavy atom. The molecule has 0 aromatic rings. The summed E-state index contributed by atoms with van der Waals surface area (Å²) < 4.78 is 20.8. The molecule has 0 unspecified atom stereocenters. The molecule has 188 valence electrons. The number of hydrogen-bond acceptors (Lipinski definition) is 3. The Balaban J connectivity index is 5.96. The molecule has 0 fully saturated rings. The molecule has 0 aliphatic rings. The van der Waals surface area contributed by atoms with Gasteiger partial charge >= 0.3 is 8.60 Å². The minimum atomic E-state index is -1.41. The van der Waals surface area contributed by atoms with Gasteiger partial charge in [0, 0.05) is 0 Å². The number of rotatable bonds is 21. The highest BCUT2D eigenvalue weighted by molar-refractivity contribution is 7.41. The first-order chi connectivity index (χ1) is 14.8. The van der Waals surface area contributed by atoms with Gasteiger partial charge in [-0.15, -0.1) is 0 Å². The van der Waals surface area contributed by atoms with E-state index in [-0.39, 0.29) is 16.8 Å². The summed E-state index contributed by atoms with van der Waals surface area (Å²) in [4.78, 5) is 0. The first-order valence-electron chi connectivity index (χ1n) is 13.7. The topological polar surface area (TPSA) is 27.7 Å². The molecule has 0 aliphatic heterocycles. The lowest BCUT2D eigenvalue weighted by Crippen LogP contribution is -2.37. The van der Waals surface area contributed by atoms with E-state index in [2.05, 4.69) is 62.3 Å². The van der Waals surface area contributed by atoms with Gasteiger partial charge in [-0.05, 0) is 57.8 Å². The third kappa shape index (κ3) is 10.4. The first-order valence-corrected chi connectivity index (χ1v) is 14.8. The number of hydrogen-bond donors (Lipinski definition) is 0. The van der Waals surface area contributed by atoms with Crippen molar-refractivity contribution in [2.45, 2.75) is 175 Å². The zero-order valence-corrected chi connectivity index (χ0v) is 23.7. The van der Waals surface area contributed by atoms with Gasteiger partial charge in [0.1, 0.15) is 0 Å². The van der Waals surface area contributed by atoms with Crippen LogP contribution in [0.5, 0.6) is 0 Å². The molecule has 3 nitrogen and oxygen atoms in total. The van der Waals surface area contributed by atoms with Gasteiger partial charge in [-0.2, -0.15) is 0 Å². The minimum Gasteiger partial charge on any atom is -0.306 e. The normalized spacial score (nSPS) is 13.4. The van der Waals surface area contributed by atoms with Crippen molar-refractivity contribution in [2.24, 2.45) is 0 Å². The van der Waals surface area contributed by atoms with E-state index in [0.29, 0.717) is 0 Å². The van der Waals surface area contributed by atoms with Crippen LogP contribution in [0, 0.1) is 0 Å². The molecule has 0 spiro atoms. The van der Waals surface area contributed by atoms with Crippen LogP contribution in [0.1, 0.15) is 159 Å². The van der Waals surface area contributed by atoms with Crippen molar-refractivity contribution in [1.29, 1.82) is 0 Å². The van der Waals surface area contributed by atoms with Gasteiger partial charge < -0.3 is 13.6 Å². The summed E-state index contributed by atoms with van der Waals surface area (Å²) in [6.45, 7) is 20.4. The smallest absolute Gasteiger partial charge is 0.306 e. The molecule has 0 atom stereocenters. The van der Waals surface area contributed by atoms with Crippen molar-refractivity contribution in [2.75, 3.05) is 0 Å². The van der Waals surface area contributed by atoms with Crippen molar-refractivity contribution < 1.29 is 13.6 Å². The molecule has 31 heavy (non-hydrogen) atoms. The third-order valence-electron chi connectivity index (χ3n) is 7.63. The van der Waals surface area contributed by atoms with Crippen LogP contribution in [0.15, 0.2) is 0 Å². The second kappa shape index (κ2) is 16.9. The van der Waals surface area contributed by atoms with Gasteiger partial charge in [0.15, 0.2) is 0 Å². The summed E-state index contributed by atoms with van der Waals surface area (Å²) in [5, 5.41) is 0. The van der Waals surface area contributed by atoms with E-state index in [1.54, 1.807) is 0 Å². The molecule has 0 aliphatic carbocycles. The molecule has 4 heteroatoms. The van der Waals surface area contributed by atoms with E-state index in [0.717, 1.165) is 57.8 Å². The summed E-state index contributed by atoms with van der Waals surface area (Å²) in [5.74, 6) is 0. The van der Waals surface area contributed by atoms with E-state index in [4.69, 9.17) is 13.6 Å². The van der Waals surface area contributed by atoms with Crippen LogP contribution in [0.25, 0.3) is 0 Å². The van der Waals surface area contributed by atoms with Crippen LogP contribution >= 0.6 is 8.60 Å². The van der Waals surface area contributed by atoms with Crippen molar-refractivity contribution in [3.63, 3.8) is 0 Å². The monoisotopic (exact) mass is 460 g/mol. The van der Waals surface area contributed by atoms with Crippen LogP contribution < -0.4 is 0 Å². The van der Waals surface area contributed by atoms with E-state index >= 15 is 0 Å². The van der Waals surface area contributed by atoms with Crippen molar-refractivity contribution in [1.82, 2.24) is 0 Å². The molecule has 0 aromatic carbocycles. The second-order valence-corrected chi connectivity index (χ2v) is 10.5. The summed E-state index contributed by atoms with van der Waals surface area (Å²) in [6, 6.07) is 0. The predicted molar refractivity (Wildman–Crippen MR) is 139 cm³/mol. The van der Waals surface area contributed by atoms with Gasteiger partial charge in [-0.3, -0.25) is 0 Å². The van der Waals surface area contributed by atoms with E-state index in [9.17, 15) is 0 Å². The number of unbranched alkanes of at least 4 members (excludes halogenated alkanes) is 3. The molecule has 0 radical (unpaired) electrons. The maximum atomic E-state index is 6.94.